The molecular formula is C12H14N4O2. The first kappa shape index (κ1) is 10.9. The van der Waals surface area contributed by atoms with Gasteiger partial charge >= 0.3 is 6.03 Å². The first-order valence-corrected chi connectivity index (χ1v) is 5.89. The van der Waals surface area contributed by atoms with Crippen molar-refractivity contribution < 1.29 is 9.59 Å². The number of amides is 3. The van der Waals surface area contributed by atoms with Crippen LogP contribution in [0.3, 0.4) is 0 Å². The molecule has 0 saturated carbocycles. The molecule has 2 aliphatic rings. The minimum atomic E-state index is -0.293. The molecule has 3 amide bonds. The van der Waals surface area contributed by atoms with Gasteiger partial charge in [0.05, 0.1) is 6.04 Å². The minimum Gasteiger partial charge on any atom is -0.399 e. The van der Waals surface area contributed by atoms with Crippen LogP contribution in [-0.4, -0.2) is 35.5 Å². The number of carbonyl (C=O) groups is 2. The van der Waals surface area contributed by atoms with Crippen LogP contribution in [0.15, 0.2) is 24.3 Å². The fourth-order valence-corrected chi connectivity index (χ4v) is 2.43. The lowest BCUT2D eigenvalue weighted by Crippen LogP contribution is -2.65. The van der Waals surface area contributed by atoms with Gasteiger partial charge in [-0.05, 0) is 30.7 Å². The van der Waals surface area contributed by atoms with Crippen LogP contribution >= 0.6 is 0 Å². The third-order valence-electron chi connectivity index (χ3n) is 3.42. The van der Waals surface area contributed by atoms with Crippen molar-refractivity contribution in [1.29, 1.82) is 0 Å². The van der Waals surface area contributed by atoms with Gasteiger partial charge in [0.15, 0.2) is 0 Å². The molecule has 1 aromatic rings. The van der Waals surface area contributed by atoms with Crippen molar-refractivity contribution in [2.75, 3.05) is 17.6 Å². The number of nitrogens with one attached hydrogen (secondary N) is 2. The molecule has 6 heteroatoms. The van der Waals surface area contributed by atoms with Crippen LogP contribution in [0.2, 0.25) is 0 Å². The predicted molar refractivity (Wildman–Crippen MR) is 66.9 cm³/mol. The lowest BCUT2D eigenvalue weighted by atomic mass is 10.0. The Hall–Kier alpha value is -2.24. The first-order valence-electron chi connectivity index (χ1n) is 5.89. The lowest BCUT2D eigenvalue weighted by Gasteiger charge is -2.35. The van der Waals surface area contributed by atoms with E-state index in [1.54, 1.807) is 29.2 Å². The molecule has 18 heavy (non-hydrogen) atoms. The highest BCUT2D eigenvalue weighted by Gasteiger charge is 2.49. The minimum absolute atomic E-state index is 0.0649. The van der Waals surface area contributed by atoms with E-state index in [2.05, 4.69) is 10.6 Å². The van der Waals surface area contributed by atoms with Crippen LogP contribution < -0.4 is 16.4 Å². The van der Waals surface area contributed by atoms with E-state index in [4.69, 9.17) is 5.73 Å². The quantitative estimate of drug-likeness (QED) is 0.494. The van der Waals surface area contributed by atoms with Gasteiger partial charge in [0, 0.05) is 17.9 Å². The topological polar surface area (TPSA) is 87.5 Å². The Morgan fingerprint density at radius 1 is 1.39 bits per heavy atom. The van der Waals surface area contributed by atoms with Crippen LogP contribution in [-0.2, 0) is 4.79 Å². The van der Waals surface area contributed by atoms with E-state index in [0.29, 0.717) is 17.9 Å². The fourth-order valence-electron chi connectivity index (χ4n) is 2.43. The van der Waals surface area contributed by atoms with Gasteiger partial charge in [-0.1, -0.05) is 0 Å². The zero-order chi connectivity index (χ0) is 12.7. The molecule has 2 heterocycles. The summed E-state index contributed by atoms with van der Waals surface area (Å²) in [4.78, 5) is 25.0. The highest BCUT2D eigenvalue weighted by Crippen LogP contribution is 2.26. The Morgan fingerprint density at radius 2 is 2.11 bits per heavy atom. The number of nitrogens with two attached hydrogens (primary N) is 1. The average Bonchev–Trinajstić information content (AvgIpc) is 2.69. The van der Waals surface area contributed by atoms with Crippen molar-refractivity contribution in [3.8, 4) is 0 Å². The van der Waals surface area contributed by atoms with Gasteiger partial charge in [-0.15, -0.1) is 0 Å². The number of fused-ring (bicyclic) bond motifs is 1. The van der Waals surface area contributed by atoms with Gasteiger partial charge in [0.25, 0.3) is 0 Å². The maximum atomic E-state index is 12.0. The summed E-state index contributed by atoms with van der Waals surface area (Å²) in [6, 6.07) is 6.52. The van der Waals surface area contributed by atoms with Crippen molar-refractivity contribution in [2.45, 2.75) is 18.5 Å². The molecule has 0 aromatic heterocycles. The molecule has 0 aliphatic carbocycles. The maximum Gasteiger partial charge on any atom is 0.322 e. The number of nitrogens with zero attached hydrogens (tertiary/aromatic N) is 1. The number of rotatable bonds is 1. The number of hydrogen-bond donors (Lipinski definition) is 3. The Kier molecular flexibility index (Phi) is 2.36. The van der Waals surface area contributed by atoms with Gasteiger partial charge in [-0.2, -0.15) is 0 Å². The van der Waals surface area contributed by atoms with Crippen LogP contribution in [0.25, 0.3) is 0 Å². The molecule has 4 N–H and O–H groups in total. The zero-order valence-electron chi connectivity index (χ0n) is 9.72. The molecule has 0 bridgehead atoms. The standard InChI is InChI=1S/C12H14N4O2/c13-7-1-3-8(4-2-7)14-12(18)16-6-5-9-10(16)11(17)15-9/h1-4,9-10H,5-6,13H2,(H,14,18)(H,15,17)/t9-,10?/m1/s1. The maximum absolute atomic E-state index is 12.0. The van der Waals surface area contributed by atoms with E-state index in [0.717, 1.165) is 6.42 Å². The summed E-state index contributed by atoms with van der Waals surface area (Å²) in [6.07, 6.45) is 0.825. The number of hydrogen-bond acceptors (Lipinski definition) is 3. The summed E-state index contributed by atoms with van der Waals surface area (Å²) >= 11 is 0. The second kappa shape index (κ2) is 3.90. The van der Waals surface area contributed by atoms with Gasteiger partial charge < -0.3 is 21.3 Å². The van der Waals surface area contributed by atoms with Crippen LogP contribution in [0.5, 0.6) is 0 Å². The lowest BCUT2D eigenvalue weighted by molar-refractivity contribution is -0.132. The number of β-lactam (4-membered cyclic amide) rings is 1. The molecule has 2 aliphatic heterocycles. The van der Waals surface area contributed by atoms with Crippen molar-refractivity contribution in [1.82, 2.24) is 10.2 Å². The summed E-state index contributed by atoms with van der Waals surface area (Å²) < 4.78 is 0. The second-order valence-electron chi connectivity index (χ2n) is 4.59. The Morgan fingerprint density at radius 3 is 2.78 bits per heavy atom. The molecule has 0 radical (unpaired) electrons. The van der Waals surface area contributed by atoms with Crippen molar-refractivity contribution in [2.24, 2.45) is 0 Å². The van der Waals surface area contributed by atoms with Crippen molar-refractivity contribution in [3.05, 3.63) is 24.3 Å². The number of urea groups is 1. The molecule has 2 saturated heterocycles. The molecule has 1 unspecified atom stereocenters. The third-order valence-corrected chi connectivity index (χ3v) is 3.42. The number of benzene rings is 1. The van der Waals surface area contributed by atoms with E-state index in [1.165, 1.54) is 0 Å². The zero-order valence-corrected chi connectivity index (χ0v) is 9.72. The van der Waals surface area contributed by atoms with Crippen molar-refractivity contribution in [3.63, 3.8) is 0 Å². The molecule has 3 rings (SSSR count). The summed E-state index contributed by atoms with van der Waals surface area (Å²) in [5.41, 5.74) is 6.90. The number of anilines is 2. The summed E-state index contributed by atoms with van der Waals surface area (Å²) in [6.45, 7) is 0.606. The molecular weight excluding hydrogens is 232 g/mol. The molecule has 2 fully saturated rings. The monoisotopic (exact) mass is 246 g/mol. The number of nitrogen functional groups attached to an aromatic ring is 1. The van der Waals surface area contributed by atoms with E-state index in [1.807, 2.05) is 0 Å². The molecule has 0 spiro atoms. The second-order valence-corrected chi connectivity index (χ2v) is 4.59. The van der Waals surface area contributed by atoms with Crippen LogP contribution in [0, 0.1) is 0 Å². The largest absolute Gasteiger partial charge is 0.399 e. The summed E-state index contributed by atoms with van der Waals surface area (Å²) in [5, 5.41) is 5.55. The molecule has 6 nitrogen and oxygen atoms in total. The van der Waals surface area contributed by atoms with E-state index in [9.17, 15) is 9.59 Å². The Bertz CT molecular complexity index is 499. The van der Waals surface area contributed by atoms with E-state index in [-0.39, 0.29) is 24.0 Å². The highest BCUT2D eigenvalue weighted by atomic mass is 16.2. The molecule has 94 valence electrons. The van der Waals surface area contributed by atoms with Crippen LogP contribution in [0.4, 0.5) is 16.2 Å². The third kappa shape index (κ3) is 1.66. The van der Waals surface area contributed by atoms with Gasteiger partial charge in [0.1, 0.15) is 6.04 Å². The van der Waals surface area contributed by atoms with Gasteiger partial charge in [-0.25, -0.2) is 4.79 Å². The van der Waals surface area contributed by atoms with Crippen LogP contribution in [0.1, 0.15) is 6.42 Å². The average molecular weight is 246 g/mol. The molecule has 1 aromatic carbocycles. The molecule has 2 atom stereocenters. The van der Waals surface area contributed by atoms with Gasteiger partial charge in [0.2, 0.25) is 5.91 Å². The summed E-state index contributed by atoms with van der Waals surface area (Å²) in [5.74, 6) is -0.0649. The number of likely N-dealkylation sites (tertiary alicyclic amines) is 1. The van der Waals surface area contributed by atoms with Gasteiger partial charge in [-0.3, -0.25) is 4.79 Å². The van der Waals surface area contributed by atoms with Crippen molar-refractivity contribution >= 4 is 23.3 Å². The normalized spacial score (nSPS) is 25.1. The predicted octanol–water partition coefficient (Wildman–Crippen LogP) is 0.373. The first-order chi connectivity index (χ1) is 8.65. The summed E-state index contributed by atoms with van der Waals surface area (Å²) in [7, 11) is 0. The fraction of sp³-hybridized carbons (Fsp3) is 0.333. The smallest absolute Gasteiger partial charge is 0.322 e. The SMILES string of the molecule is Nc1ccc(NC(=O)N2CC[C@H]3NC(=O)C32)cc1. The van der Waals surface area contributed by atoms with E-state index >= 15 is 0 Å². The Balaban J connectivity index is 1.68. The number of carbonyl (C=O) groups excluding carboxylic acids is 2. The highest BCUT2D eigenvalue weighted by molar-refractivity contribution is 5.97. The van der Waals surface area contributed by atoms with E-state index < -0.39 is 0 Å². The Labute approximate surface area is 104 Å².